The van der Waals surface area contributed by atoms with E-state index >= 15 is 0 Å². The average Bonchev–Trinajstić information content (AvgIpc) is 3.23. The van der Waals surface area contributed by atoms with Crippen molar-refractivity contribution in [2.45, 2.75) is 19.0 Å². The summed E-state index contributed by atoms with van der Waals surface area (Å²) in [4.78, 5) is 20.5. The fraction of sp³-hybridized carbons (Fsp3) is 0.250. The van der Waals surface area contributed by atoms with Gasteiger partial charge in [0.1, 0.15) is 30.3 Å². The number of nitrogens with zero attached hydrogens (tertiary/aromatic N) is 5. The highest BCUT2D eigenvalue weighted by Crippen LogP contribution is 2.21. The van der Waals surface area contributed by atoms with Gasteiger partial charge in [0.25, 0.3) is 0 Å². The van der Waals surface area contributed by atoms with Crippen LogP contribution in [0.1, 0.15) is 23.9 Å². The van der Waals surface area contributed by atoms with Crippen molar-refractivity contribution in [3.05, 3.63) is 66.5 Å². The van der Waals surface area contributed by atoms with E-state index in [1.165, 1.54) is 18.5 Å². The molecule has 7 nitrogen and oxygen atoms in total. The molecule has 0 aliphatic carbocycles. The molecule has 24 heavy (non-hydrogen) atoms. The van der Waals surface area contributed by atoms with E-state index in [-0.39, 0.29) is 18.1 Å². The van der Waals surface area contributed by atoms with Crippen molar-refractivity contribution in [1.29, 1.82) is 0 Å². The van der Waals surface area contributed by atoms with Gasteiger partial charge in [-0.15, -0.1) is 0 Å². The summed E-state index contributed by atoms with van der Waals surface area (Å²) in [6.45, 7) is 0.433. The second kappa shape index (κ2) is 7.03. The minimum Gasteiger partial charge on any atom is -0.342 e. The summed E-state index contributed by atoms with van der Waals surface area (Å²) < 4.78 is 16.6. The summed E-state index contributed by atoms with van der Waals surface area (Å²) in [7, 11) is 1.85. The highest BCUT2D eigenvalue weighted by atomic mass is 19.1. The van der Waals surface area contributed by atoms with Gasteiger partial charge in [-0.2, -0.15) is 5.10 Å². The van der Waals surface area contributed by atoms with Gasteiger partial charge < -0.3 is 9.88 Å². The molecule has 0 fully saturated rings. The highest BCUT2D eigenvalue weighted by molar-refractivity contribution is 5.76. The standard InChI is InChI=1S/C16H17FN6O/c1-22-9-7-19-16(22)15(12-2-4-13(17)5-3-12)21-14(24)6-8-23-11-18-10-20-23/h2-5,7,9-11,15H,6,8H2,1H3,(H,21,24)/t15-/m1/s1. The lowest BCUT2D eigenvalue weighted by molar-refractivity contribution is -0.121. The molecular weight excluding hydrogens is 311 g/mol. The molecule has 0 aliphatic rings. The van der Waals surface area contributed by atoms with Gasteiger partial charge in [0.05, 0.1) is 6.54 Å². The first-order valence-electron chi connectivity index (χ1n) is 7.48. The molecule has 0 unspecified atom stereocenters. The summed E-state index contributed by atoms with van der Waals surface area (Å²) in [6, 6.07) is 5.58. The molecule has 0 bridgehead atoms. The number of aryl methyl sites for hydroxylation is 2. The lowest BCUT2D eigenvalue weighted by atomic mass is 10.1. The molecule has 0 radical (unpaired) electrons. The topological polar surface area (TPSA) is 77.6 Å². The van der Waals surface area contributed by atoms with E-state index in [2.05, 4.69) is 20.4 Å². The van der Waals surface area contributed by atoms with Crippen molar-refractivity contribution >= 4 is 5.91 Å². The van der Waals surface area contributed by atoms with Gasteiger partial charge in [-0.05, 0) is 17.7 Å². The Hall–Kier alpha value is -3.03. The van der Waals surface area contributed by atoms with Crippen molar-refractivity contribution in [1.82, 2.24) is 29.6 Å². The fourth-order valence-corrected chi connectivity index (χ4v) is 2.40. The number of halogens is 1. The SMILES string of the molecule is Cn1ccnc1[C@H](NC(=O)CCn1cncn1)c1ccc(F)cc1. The van der Waals surface area contributed by atoms with Gasteiger partial charge in [-0.25, -0.2) is 14.4 Å². The summed E-state index contributed by atoms with van der Waals surface area (Å²) in [6.07, 6.45) is 6.70. The number of hydrogen-bond donors (Lipinski definition) is 1. The monoisotopic (exact) mass is 328 g/mol. The van der Waals surface area contributed by atoms with E-state index in [1.807, 2.05) is 11.6 Å². The van der Waals surface area contributed by atoms with Crippen LogP contribution in [0.25, 0.3) is 0 Å². The van der Waals surface area contributed by atoms with Crippen LogP contribution in [0.2, 0.25) is 0 Å². The van der Waals surface area contributed by atoms with E-state index < -0.39 is 6.04 Å². The number of carbonyl (C=O) groups excluding carboxylic acids is 1. The highest BCUT2D eigenvalue weighted by Gasteiger charge is 2.20. The zero-order valence-corrected chi connectivity index (χ0v) is 13.1. The Morgan fingerprint density at radius 3 is 2.75 bits per heavy atom. The van der Waals surface area contributed by atoms with Gasteiger partial charge in [-0.3, -0.25) is 9.48 Å². The molecule has 1 amide bonds. The van der Waals surface area contributed by atoms with E-state index in [9.17, 15) is 9.18 Å². The molecule has 3 aromatic rings. The number of rotatable bonds is 6. The smallest absolute Gasteiger partial charge is 0.222 e. The number of benzene rings is 1. The maximum Gasteiger partial charge on any atom is 0.222 e. The molecule has 1 N–H and O–H groups in total. The molecule has 3 rings (SSSR count). The predicted octanol–water partition coefficient (Wildman–Crippen LogP) is 1.45. The van der Waals surface area contributed by atoms with Crippen LogP contribution in [-0.4, -0.2) is 30.2 Å². The van der Waals surface area contributed by atoms with Crippen LogP contribution in [0.3, 0.4) is 0 Å². The number of nitrogens with one attached hydrogen (secondary N) is 1. The summed E-state index contributed by atoms with van der Waals surface area (Å²) in [5, 5.41) is 6.92. The van der Waals surface area contributed by atoms with Crippen LogP contribution in [0.4, 0.5) is 4.39 Å². The summed E-state index contributed by atoms with van der Waals surface area (Å²) in [5.74, 6) is 0.202. The molecular formula is C16H17FN6O. The van der Waals surface area contributed by atoms with Gasteiger partial charge in [0, 0.05) is 25.9 Å². The Bertz CT molecular complexity index is 796. The summed E-state index contributed by atoms with van der Waals surface area (Å²) >= 11 is 0. The van der Waals surface area contributed by atoms with Crippen molar-refractivity contribution in [3.63, 3.8) is 0 Å². The fourth-order valence-electron chi connectivity index (χ4n) is 2.40. The predicted molar refractivity (Wildman–Crippen MR) is 84.2 cm³/mol. The molecule has 1 aromatic carbocycles. The van der Waals surface area contributed by atoms with Crippen LogP contribution >= 0.6 is 0 Å². The van der Waals surface area contributed by atoms with Gasteiger partial charge >= 0.3 is 0 Å². The Kier molecular flexibility index (Phi) is 4.64. The number of carbonyl (C=O) groups is 1. The molecule has 0 spiro atoms. The Morgan fingerprint density at radius 2 is 2.12 bits per heavy atom. The minimum absolute atomic E-state index is 0.150. The third-order valence-corrected chi connectivity index (χ3v) is 3.66. The van der Waals surface area contributed by atoms with Crippen molar-refractivity contribution < 1.29 is 9.18 Å². The first kappa shape index (κ1) is 15.9. The normalized spacial score (nSPS) is 12.1. The maximum atomic E-state index is 13.2. The van der Waals surface area contributed by atoms with Gasteiger partial charge in [0.15, 0.2) is 0 Å². The largest absolute Gasteiger partial charge is 0.342 e. The quantitative estimate of drug-likeness (QED) is 0.743. The van der Waals surface area contributed by atoms with Gasteiger partial charge in [-0.1, -0.05) is 12.1 Å². The number of imidazole rings is 1. The van der Waals surface area contributed by atoms with E-state index in [0.29, 0.717) is 12.4 Å². The molecule has 2 aromatic heterocycles. The van der Waals surface area contributed by atoms with Crippen LogP contribution in [0, 0.1) is 5.82 Å². The molecule has 2 heterocycles. The zero-order valence-electron chi connectivity index (χ0n) is 13.1. The van der Waals surface area contributed by atoms with Gasteiger partial charge in [0.2, 0.25) is 5.91 Å². The van der Waals surface area contributed by atoms with E-state index in [1.54, 1.807) is 35.5 Å². The Balaban J connectivity index is 1.76. The van der Waals surface area contributed by atoms with E-state index in [0.717, 1.165) is 5.56 Å². The summed E-state index contributed by atoms with van der Waals surface area (Å²) in [5.41, 5.74) is 0.764. The molecule has 0 saturated carbocycles. The first-order valence-corrected chi connectivity index (χ1v) is 7.48. The maximum absolute atomic E-state index is 13.2. The van der Waals surface area contributed by atoms with E-state index in [4.69, 9.17) is 0 Å². The van der Waals surface area contributed by atoms with Crippen LogP contribution in [0.5, 0.6) is 0 Å². The van der Waals surface area contributed by atoms with Crippen LogP contribution in [0.15, 0.2) is 49.3 Å². The Morgan fingerprint density at radius 1 is 1.33 bits per heavy atom. The number of hydrogen-bond acceptors (Lipinski definition) is 4. The van der Waals surface area contributed by atoms with Crippen LogP contribution in [-0.2, 0) is 18.4 Å². The molecule has 124 valence electrons. The van der Waals surface area contributed by atoms with Crippen LogP contribution < -0.4 is 5.32 Å². The third kappa shape index (κ3) is 3.65. The Labute approximate surface area is 138 Å². The lowest BCUT2D eigenvalue weighted by Gasteiger charge is -2.19. The minimum atomic E-state index is -0.450. The molecule has 0 aliphatic heterocycles. The van der Waals surface area contributed by atoms with Crippen molar-refractivity contribution in [2.24, 2.45) is 7.05 Å². The number of amides is 1. The molecule has 8 heteroatoms. The van der Waals surface area contributed by atoms with Crippen molar-refractivity contribution in [2.75, 3.05) is 0 Å². The zero-order chi connectivity index (χ0) is 16.9. The molecule has 0 saturated heterocycles. The third-order valence-electron chi connectivity index (χ3n) is 3.66. The second-order valence-corrected chi connectivity index (χ2v) is 5.36. The number of aromatic nitrogens is 5. The average molecular weight is 328 g/mol. The first-order chi connectivity index (χ1) is 11.6. The lowest BCUT2D eigenvalue weighted by Crippen LogP contribution is -2.31. The second-order valence-electron chi connectivity index (χ2n) is 5.36. The molecule has 1 atom stereocenters. The van der Waals surface area contributed by atoms with Crippen molar-refractivity contribution in [3.8, 4) is 0 Å².